The van der Waals surface area contributed by atoms with E-state index < -0.39 is 72.8 Å². The van der Waals surface area contributed by atoms with Gasteiger partial charge in [0.15, 0.2) is 0 Å². The first-order valence-electron chi connectivity index (χ1n) is 14.5. The number of aliphatic hydroxyl groups excluding tert-OH is 6. The first-order valence-corrected chi connectivity index (χ1v) is 15.4. The average Bonchev–Trinajstić information content (AvgIpc) is 3.78. The van der Waals surface area contributed by atoms with E-state index in [1.54, 1.807) is 24.3 Å². The summed E-state index contributed by atoms with van der Waals surface area (Å²) >= 11 is 0.852. The molecule has 2 saturated heterocycles. The van der Waals surface area contributed by atoms with Gasteiger partial charge in [-0.2, -0.15) is 0 Å². The Balaban J connectivity index is 1.23. The average molecular weight is 675 g/mol. The molecule has 2 aliphatic heterocycles. The Morgan fingerprint density at radius 1 is 0.681 bits per heavy atom. The molecule has 4 aromatic rings. The highest BCUT2D eigenvalue weighted by Crippen LogP contribution is 2.42. The Morgan fingerprint density at radius 3 is 1.45 bits per heavy atom. The second-order valence-corrected chi connectivity index (χ2v) is 12.1. The molecule has 6 rings (SSSR count). The van der Waals surface area contributed by atoms with E-state index in [1.165, 1.54) is 48.4 Å². The molecule has 0 radical (unpaired) electrons. The van der Waals surface area contributed by atoms with Crippen LogP contribution in [0.3, 0.4) is 0 Å². The standard InChI is InChI=1S/C28H34N8O10S/c1-43-19-5-3-13(7-29-19)15-9-35(33-31-15)21-23(39)17(11-37)45-27(25(21)41)47-28-26(42)22(24(40)18(12-38)46-28)36-10-16(32-34-36)14-4-6-20(44-2)30-8-14/h3-10,17-18,21-28,37-42H,11-12H2,1-2H3/t17-,18?,21?,22?,23?,24+,25-,26+,27?,28+/m1/s1. The highest BCUT2D eigenvalue weighted by molar-refractivity contribution is 8.00. The van der Waals surface area contributed by atoms with Crippen molar-refractivity contribution >= 4 is 11.8 Å². The lowest BCUT2D eigenvalue weighted by molar-refractivity contribution is -0.189. The fourth-order valence-corrected chi connectivity index (χ4v) is 6.85. The fraction of sp³-hybridized carbons (Fsp3) is 0.500. The van der Waals surface area contributed by atoms with Crippen molar-refractivity contribution in [1.82, 2.24) is 40.0 Å². The van der Waals surface area contributed by atoms with Gasteiger partial charge >= 0.3 is 0 Å². The van der Waals surface area contributed by atoms with Gasteiger partial charge in [0.05, 0.1) is 39.8 Å². The Bertz CT molecular complexity index is 1490. The summed E-state index contributed by atoms with van der Waals surface area (Å²) in [5.41, 5.74) is -0.333. The van der Waals surface area contributed by atoms with Crippen molar-refractivity contribution in [3.63, 3.8) is 0 Å². The van der Waals surface area contributed by atoms with Gasteiger partial charge in [-0.25, -0.2) is 19.3 Å². The van der Waals surface area contributed by atoms with Crippen LogP contribution in [0.1, 0.15) is 12.1 Å². The molecular formula is C28H34N8O10S. The van der Waals surface area contributed by atoms with Crippen LogP contribution in [-0.4, -0.2) is 146 Å². The molecule has 6 heterocycles. The number of thioether (sulfide) groups is 1. The molecule has 19 heteroatoms. The topological polar surface area (TPSA) is 245 Å². The van der Waals surface area contributed by atoms with Crippen LogP contribution in [0.15, 0.2) is 49.1 Å². The van der Waals surface area contributed by atoms with Crippen LogP contribution in [0.5, 0.6) is 11.8 Å². The zero-order chi connectivity index (χ0) is 33.2. The number of hydrogen-bond donors (Lipinski definition) is 6. The third kappa shape index (κ3) is 6.53. The van der Waals surface area contributed by atoms with Gasteiger partial charge in [-0.3, -0.25) is 0 Å². The largest absolute Gasteiger partial charge is 0.481 e. The van der Waals surface area contributed by atoms with Crippen molar-refractivity contribution in [2.75, 3.05) is 27.4 Å². The van der Waals surface area contributed by atoms with Crippen LogP contribution in [0.25, 0.3) is 22.5 Å². The molecule has 0 saturated carbocycles. The summed E-state index contributed by atoms with van der Waals surface area (Å²) in [6.07, 6.45) is -1.88. The minimum Gasteiger partial charge on any atom is -0.481 e. The molecule has 252 valence electrons. The summed E-state index contributed by atoms with van der Waals surface area (Å²) in [7, 11) is 2.99. The summed E-state index contributed by atoms with van der Waals surface area (Å²) in [6.45, 7) is -1.19. The van der Waals surface area contributed by atoms with Crippen LogP contribution in [0, 0.1) is 0 Å². The number of rotatable bonds is 10. The van der Waals surface area contributed by atoms with Crippen LogP contribution in [-0.2, 0) is 9.47 Å². The van der Waals surface area contributed by atoms with Crippen molar-refractivity contribution in [2.45, 2.75) is 59.6 Å². The molecule has 10 atom stereocenters. The monoisotopic (exact) mass is 674 g/mol. The van der Waals surface area contributed by atoms with Gasteiger partial charge in [-0.1, -0.05) is 22.2 Å². The highest BCUT2D eigenvalue weighted by atomic mass is 32.2. The predicted molar refractivity (Wildman–Crippen MR) is 161 cm³/mol. The summed E-state index contributed by atoms with van der Waals surface area (Å²) in [5.74, 6) is 0.817. The lowest BCUT2D eigenvalue weighted by Crippen LogP contribution is -2.58. The Hall–Kier alpha value is -3.79. The fourth-order valence-electron chi connectivity index (χ4n) is 5.53. The minimum atomic E-state index is -1.45. The smallest absolute Gasteiger partial charge is 0.212 e. The van der Waals surface area contributed by atoms with Gasteiger partial charge in [0, 0.05) is 35.7 Å². The van der Waals surface area contributed by atoms with Crippen molar-refractivity contribution in [3.05, 3.63) is 49.1 Å². The number of ether oxygens (including phenoxy) is 4. The van der Waals surface area contributed by atoms with Gasteiger partial charge in [-0.05, 0) is 12.1 Å². The SMILES string of the molecule is COc1ccc(-c2cn(C3C(O)[C@@H](CO)OC(S[C@@H]4OC(CO)[C@H](O)C(n5cc(-c6ccc(OC)nc6)nn5)[C@@H]4O)[C@@H]3O)nn2)cn1. The molecule has 47 heavy (non-hydrogen) atoms. The Labute approximate surface area is 271 Å². The molecule has 6 N–H and O–H groups in total. The van der Waals surface area contributed by atoms with Crippen molar-refractivity contribution < 1.29 is 49.6 Å². The molecule has 2 aliphatic rings. The van der Waals surface area contributed by atoms with E-state index in [-0.39, 0.29) is 0 Å². The molecular weight excluding hydrogens is 640 g/mol. The zero-order valence-electron chi connectivity index (χ0n) is 25.1. The highest BCUT2D eigenvalue weighted by Gasteiger charge is 2.51. The van der Waals surface area contributed by atoms with E-state index in [0.717, 1.165) is 11.8 Å². The van der Waals surface area contributed by atoms with Gasteiger partial charge < -0.3 is 49.6 Å². The first-order chi connectivity index (χ1) is 22.8. The van der Waals surface area contributed by atoms with Crippen LogP contribution < -0.4 is 9.47 Å². The molecule has 4 aromatic heterocycles. The lowest BCUT2D eigenvalue weighted by Gasteiger charge is -2.46. The maximum Gasteiger partial charge on any atom is 0.212 e. The summed E-state index contributed by atoms with van der Waals surface area (Å²) in [4.78, 5) is 8.32. The van der Waals surface area contributed by atoms with E-state index >= 15 is 0 Å². The first kappa shape index (κ1) is 33.1. The zero-order valence-corrected chi connectivity index (χ0v) is 25.9. The predicted octanol–water partition coefficient (Wildman–Crippen LogP) is -1.60. The second kappa shape index (κ2) is 14.1. The van der Waals surface area contributed by atoms with Crippen LogP contribution in [0.4, 0.5) is 0 Å². The van der Waals surface area contributed by atoms with Crippen molar-refractivity contribution in [2.24, 2.45) is 0 Å². The number of nitrogens with zero attached hydrogens (tertiary/aromatic N) is 8. The van der Waals surface area contributed by atoms with Crippen LogP contribution >= 0.6 is 11.8 Å². The number of methoxy groups -OCH3 is 2. The third-order valence-corrected chi connectivity index (χ3v) is 9.40. The molecule has 2 fully saturated rings. The van der Waals surface area contributed by atoms with Crippen LogP contribution in [0.2, 0.25) is 0 Å². The Kier molecular flexibility index (Phi) is 9.96. The number of hydrogen-bond acceptors (Lipinski definition) is 17. The quantitative estimate of drug-likeness (QED) is 0.111. The molecule has 18 nitrogen and oxygen atoms in total. The normalized spacial score (nSPS) is 31.1. The molecule has 0 aromatic carbocycles. The van der Waals surface area contributed by atoms with Gasteiger partial charge in [-0.15, -0.1) is 10.2 Å². The summed E-state index contributed by atoms with van der Waals surface area (Å²) in [5, 5.41) is 81.7. The van der Waals surface area contributed by atoms with Gasteiger partial charge in [0.25, 0.3) is 0 Å². The van der Waals surface area contributed by atoms with Gasteiger partial charge in [0.2, 0.25) is 11.8 Å². The number of aromatic nitrogens is 8. The molecule has 5 unspecified atom stereocenters. The van der Waals surface area contributed by atoms with Crippen molar-refractivity contribution in [1.29, 1.82) is 0 Å². The molecule has 0 aliphatic carbocycles. The minimum absolute atomic E-state index is 0.405. The van der Waals surface area contributed by atoms with Gasteiger partial charge in [0.1, 0.15) is 71.0 Å². The number of aliphatic hydroxyl groups is 6. The molecule has 0 amide bonds. The molecule has 0 bridgehead atoms. The lowest BCUT2D eigenvalue weighted by atomic mass is 9.97. The van der Waals surface area contributed by atoms with E-state index in [9.17, 15) is 30.6 Å². The molecule has 0 spiro atoms. The maximum absolute atomic E-state index is 11.5. The Morgan fingerprint density at radius 2 is 1.11 bits per heavy atom. The summed E-state index contributed by atoms with van der Waals surface area (Å²) < 4.78 is 24.4. The third-order valence-electron chi connectivity index (χ3n) is 8.08. The van der Waals surface area contributed by atoms with E-state index in [1.807, 2.05) is 0 Å². The number of pyridine rings is 2. The van der Waals surface area contributed by atoms with E-state index in [0.29, 0.717) is 34.3 Å². The van der Waals surface area contributed by atoms with E-state index in [4.69, 9.17) is 18.9 Å². The maximum atomic E-state index is 11.5. The van der Waals surface area contributed by atoms with E-state index in [2.05, 4.69) is 30.6 Å². The van der Waals surface area contributed by atoms with Crippen molar-refractivity contribution in [3.8, 4) is 34.3 Å². The summed E-state index contributed by atoms with van der Waals surface area (Å²) in [6, 6.07) is 4.49. The second-order valence-electron chi connectivity index (χ2n) is 10.9.